The molecular weight excluding hydrogens is 312 g/mol. The van der Waals surface area contributed by atoms with E-state index < -0.39 is 5.60 Å². The molecule has 2 fully saturated rings. The lowest BCUT2D eigenvalue weighted by molar-refractivity contribution is -0.153. The molecule has 0 aromatic heterocycles. The molecule has 4 heteroatoms. The van der Waals surface area contributed by atoms with E-state index in [4.69, 9.17) is 0 Å². The molecule has 2 aliphatic rings. The summed E-state index contributed by atoms with van der Waals surface area (Å²) in [5, 5.41) is 11.2. The summed E-state index contributed by atoms with van der Waals surface area (Å²) in [6.07, 6.45) is 4.83. The summed E-state index contributed by atoms with van der Waals surface area (Å²) in [4.78, 5) is 16.6. The second kappa shape index (κ2) is 7.36. The lowest BCUT2D eigenvalue weighted by atomic mass is 9.66. The van der Waals surface area contributed by atoms with Crippen molar-refractivity contribution in [3.63, 3.8) is 0 Å². The Morgan fingerprint density at radius 2 is 1.88 bits per heavy atom. The number of hydrogen-bond donors (Lipinski definition) is 1. The Morgan fingerprint density at radius 1 is 1.20 bits per heavy atom. The first-order chi connectivity index (χ1) is 12.0. The molecule has 0 bridgehead atoms. The van der Waals surface area contributed by atoms with Gasteiger partial charge in [0.25, 0.3) is 0 Å². The van der Waals surface area contributed by atoms with E-state index in [1.54, 1.807) is 6.92 Å². The van der Waals surface area contributed by atoms with Gasteiger partial charge >= 0.3 is 0 Å². The summed E-state index contributed by atoms with van der Waals surface area (Å²) in [6, 6.07) is 8.65. The van der Waals surface area contributed by atoms with Crippen molar-refractivity contribution in [3.8, 4) is 0 Å². The quantitative estimate of drug-likeness (QED) is 0.905. The van der Waals surface area contributed by atoms with Crippen molar-refractivity contribution in [2.75, 3.05) is 24.5 Å². The maximum atomic E-state index is 12.3. The highest BCUT2D eigenvalue weighted by molar-refractivity contribution is 5.74. The van der Waals surface area contributed by atoms with Crippen LogP contribution in [0.25, 0.3) is 0 Å². The molecule has 25 heavy (non-hydrogen) atoms. The molecule has 1 saturated carbocycles. The van der Waals surface area contributed by atoms with Gasteiger partial charge in [0.15, 0.2) is 0 Å². The monoisotopic (exact) mass is 344 g/mol. The third-order valence-corrected chi connectivity index (χ3v) is 6.34. The van der Waals surface area contributed by atoms with Crippen molar-refractivity contribution >= 4 is 11.6 Å². The molecule has 4 nitrogen and oxygen atoms in total. The third-order valence-electron chi connectivity index (χ3n) is 6.34. The first kappa shape index (κ1) is 18.2. The Hall–Kier alpha value is -1.55. The van der Waals surface area contributed by atoms with Crippen molar-refractivity contribution in [2.24, 2.45) is 5.92 Å². The number of carbonyl (C=O) groups excluding carboxylic acids is 1. The zero-order chi connectivity index (χ0) is 18.0. The van der Waals surface area contributed by atoms with Crippen LogP contribution in [-0.4, -0.2) is 41.1 Å². The topological polar surface area (TPSA) is 43.8 Å². The van der Waals surface area contributed by atoms with Crippen LogP contribution in [0.1, 0.15) is 64.5 Å². The Morgan fingerprint density at radius 3 is 2.48 bits per heavy atom. The van der Waals surface area contributed by atoms with Crippen molar-refractivity contribution in [3.05, 3.63) is 29.8 Å². The number of likely N-dealkylation sites (tertiary alicyclic amines) is 1. The Bertz CT molecular complexity index is 596. The molecule has 0 spiro atoms. The number of hydrogen-bond acceptors (Lipinski definition) is 3. The molecule has 0 radical (unpaired) electrons. The molecule has 1 aliphatic carbocycles. The van der Waals surface area contributed by atoms with Crippen LogP contribution in [-0.2, 0) is 4.79 Å². The van der Waals surface area contributed by atoms with Crippen LogP contribution >= 0.6 is 0 Å². The van der Waals surface area contributed by atoms with E-state index in [1.807, 2.05) is 4.90 Å². The van der Waals surface area contributed by atoms with E-state index in [0.717, 1.165) is 44.3 Å². The third kappa shape index (κ3) is 3.41. The van der Waals surface area contributed by atoms with Gasteiger partial charge in [-0.15, -0.1) is 0 Å². The molecule has 1 aromatic rings. The van der Waals surface area contributed by atoms with E-state index in [2.05, 4.69) is 43.0 Å². The van der Waals surface area contributed by atoms with E-state index in [9.17, 15) is 9.90 Å². The summed E-state index contributed by atoms with van der Waals surface area (Å²) in [5.74, 6) is 0.267. The molecule has 1 amide bonds. The van der Waals surface area contributed by atoms with E-state index in [-0.39, 0.29) is 17.9 Å². The maximum absolute atomic E-state index is 12.3. The van der Waals surface area contributed by atoms with E-state index in [0.29, 0.717) is 13.0 Å². The molecule has 1 N–H and O–H groups in total. The Kier molecular flexibility index (Phi) is 5.38. The van der Waals surface area contributed by atoms with E-state index >= 15 is 0 Å². The van der Waals surface area contributed by atoms with Gasteiger partial charge in [-0.05, 0) is 50.8 Å². The predicted molar refractivity (Wildman–Crippen MR) is 102 cm³/mol. The number of benzene rings is 1. The summed E-state index contributed by atoms with van der Waals surface area (Å²) in [5.41, 5.74) is 1.78. The fraction of sp³-hybridized carbons (Fsp3) is 0.667. The molecule has 3 rings (SSSR count). The van der Waals surface area contributed by atoms with Gasteiger partial charge in [-0.2, -0.15) is 0 Å². The average Bonchev–Trinajstić information content (AvgIpc) is 2.62. The molecule has 1 aromatic carbocycles. The first-order valence-corrected chi connectivity index (χ1v) is 9.84. The van der Waals surface area contributed by atoms with Crippen LogP contribution in [0.15, 0.2) is 24.3 Å². The minimum Gasteiger partial charge on any atom is -0.389 e. The highest BCUT2D eigenvalue weighted by Crippen LogP contribution is 2.49. The SMILES string of the molecule is CCN(CC)c1ccc([C@@H]2[C@@H]3CCCC[C@@]3(O)CCN2C(C)=O)cc1. The van der Waals surface area contributed by atoms with Gasteiger partial charge in [0.1, 0.15) is 0 Å². The summed E-state index contributed by atoms with van der Waals surface area (Å²) in [7, 11) is 0. The summed E-state index contributed by atoms with van der Waals surface area (Å²) in [6.45, 7) is 8.62. The Balaban J connectivity index is 1.93. The van der Waals surface area contributed by atoms with Crippen LogP contribution < -0.4 is 4.90 Å². The molecule has 1 aliphatic heterocycles. The number of nitrogens with zero attached hydrogens (tertiary/aromatic N) is 2. The van der Waals surface area contributed by atoms with Crippen molar-refractivity contribution in [2.45, 2.75) is 64.5 Å². The average molecular weight is 344 g/mol. The van der Waals surface area contributed by atoms with Gasteiger partial charge in [-0.1, -0.05) is 25.0 Å². The molecule has 3 atom stereocenters. The van der Waals surface area contributed by atoms with E-state index in [1.165, 1.54) is 5.69 Å². The lowest BCUT2D eigenvalue weighted by Crippen LogP contribution is -2.55. The highest BCUT2D eigenvalue weighted by Gasteiger charge is 2.49. The van der Waals surface area contributed by atoms with Crippen LogP contribution in [0.3, 0.4) is 0 Å². The van der Waals surface area contributed by atoms with Crippen molar-refractivity contribution < 1.29 is 9.90 Å². The smallest absolute Gasteiger partial charge is 0.219 e. The number of aliphatic hydroxyl groups is 1. The standard InChI is InChI=1S/C21H32N2O2/c1-4-22(5-2)18-11-9-17(10-12-18)20-19-8-6-7-13-21(19,25)14-15-23(20)16(3)24/h9-12,19-20,25H,4-8,13-15H2,1-3H3/t19-,20+,21+/m0/s1. The van der Waals surface area contributed by atoms with Crippen molar-refractivity contribution in [1.29, 1.82) is 0 Å². The number of piperidine rings is 1. The van der Waals surface area contributed by atoms with Crippen LogP contribution in [0.4, 0.5) is 5.69 Å². The van der Waals surface area contributed by atoms with Gasteiger partial charge in [-0.25, -0.2) is 0 Å². The Labute approximate surface area is 151 Å². The minimum atomic E-state index is -0.605. The van der Waals surface area contributed by atoms with Crippen molar-refractivity contribution in [1.82, 2.24) is 4.90 Å². The zero-order valence-corrected chi connectivity index (χ0v) is 15.9. The molecule has 1 saturated heterocycles. The van der Waals surface area contributed by atoms with Gasteiger partial charge < -0.3 is 14.9 Å². The van der Waals surface area contributed by atoms with Gasteiger partial charge in [0, 0.05) is 38.2 Å². The van der Waals surface area contributed by atoms with Crippen LogP contribution in [0.2, 0.25) is 0 Å². The number of amides is 1. The fourth-order valence-corrected chi connectivity index (χ4v) is 4.92. The second-order valence-electron chi connectivity index (χ2n) is 7.63. The number of carbonyl (C=O) groups is 1. The number of rotatable bonds is 4. The minimum absolute atomic E-state index is 0.00213. The molecule has 1 heterocycles. The van der Waals surface area contributed by atoms with Crippen LogP contribution in [0, 0.1) is 5.92 Å². The molecule has 138 valence electrons. The van der Waals surface area contributed by atoms with Gasteiger partial charge in [0.05, 0.1) is 11.6 Å². The second-order valence-corrected chi connectivity index (χ2v) is 7.63. The predicted octanol–water partition coefficient (Wildman–Crippen LogP) is 3.75. The molecular formula is C21H32N2O2. The number of fused-ring (bicyclic) bond motifs is 1. The first-order valence-electron chi connectivity index (χ1n) is 9.84. The zero-order valence-electron chi connectivity index (χ0n) is 15.9. The summed E-state index contributed by atoms with van der Waals surface area (Å²) >= 11 is 0. The van der Waals surface area contributed by atoms with Gasteiger partial charge in [0.2, 0.25) is 5.91 Å². The highest BCUT2D eigenvalue weighted by atomic mass is 16.3. The lowest BCUT2D eigenvalue weighted by Gasteiger charge is -2.52. The fourth-order valence-electron chi connectivity index (χ4n) is 4.92. The largest absolute Gasteiger partial charge is 0.389 e. The maximum Gasteiger partial charge on any atom is 0.219 e. The number of anilines is 1. The molecule has 0 unspecified atom stereocenters. The normalized spacial score (nSPS) is 29.2. The van der Waals surface area contributed by atoms with Crippen LogP contribution in [0.5, 0.6) is 0 Å². The summed E-state index contributed by atoms with van der Waals surface area (Å²) < 4.78 is 0. The van der Waals surface area contributed by atoms with Gasteiger partial charge in [-0.3, -0.25) is 4.79 Å².